The highest BCUT2D eigenvalue weighted by Gasteiger charge is 2.21. The summed E-state index contributed by atoms with van der Waals surface area (Å²) in [5, 5.41) is 12.2. The Hall–Kier alpha value is -0.630. The van der Waals surface area contributed by atoms with Crippen LogP contribution in [0.15, 0.2) is 34.5 Å². The minimum Gasteiger partial charge on any atom is -0.386 e. The Bertz CT molecular complexity index is 730. The molecule has 0 saturated carbocycles. The standard InChI is InChI=1S/C13H13Cl2NO3S2/c1-8-5-13(10(15)6-9(8)14)21(18,19)16-7-11(17)12-3-2-4-20-12/h2-6,11,16-17H,7H2,1H3. The normalized spacial score (nSPS) is 13.3. The quantitative estimate of drug-likeness (QED) is 0.853. The molecule has 1 heterocycles. The third kappa shape index (κ3) is 3.97. The Morgan fingerprint density at radius 3 is 2.67 bits per heavy atom. The molecule has 0 aliphatic carbocycles. The van der Waals surface area contributed by atoms with E-state index in [4.69, 9.17) is 23.2 Å². The number of aliphatic hydroxyl groups is 1. The van der Waals surface area contributed by atoms with E-state index in [2.05, 4.69) is 4.72 Å². The van der Waals surface area contributed by atoms with Crippen molar-refractivity contribution < 1.29 is 13.5 Å². The van der Waals surface area contributed by atoms with E-state index < -0.39 is 16.1 Å². The van der Waals surface area contributed by atoms with Gasteiger partial charge in [0.2, 0.25) is 10.0 Å². The SMILES string of the molecule is Cc1cc(S(=O)(=O)NCC(O)c2cccs2)c(Cl)cc1Cl. The number of hydrogen-bond acceptors (Lipinski definition) is 4. The Balaban J connectivity index is 2.17. The van der Waals surface area contributed by atoms with Crippen molar-refractivity contribution in [2.45, 2.75) is 17.9 Å². The summed E-state index contributed by atoms with van der Waals surface area (Å²) in [6, 6.07) is 6.33. The van der Waals surface area contributed by atoms with Crippen molar-refractivity contribution in [3.63, 3.8) is 0 Å². The van der Waals surface area contributed by atoms with Crippen LogP contribution in [-0.2, 0) is 10.0 Å². The van der Waals surface area contributed by atoms with Crippen molar-refractivity contribution >= 4 is 44.6 Å². The first-order chi connectivity index (χ1) is 9.81. The summed E-state index contributed by atoms with van der Waals surface area (Å²) >= 11 is 13.2. The van der Waals surface area contributed by atoms with Gasteiger partial charge in [0.1, 0.15) is 11.0 Å². The number of aliphatic hydroxyl groups excluding tert-OH is 1. The van der Waals surface area contributed by atoms with E-state index in [0.717, 1.165) is 0 Å². The Morgan fingerprint density at radius 2 is 2.05 bits per heavy atom. The van der Waals surface area contributed by atoms with E-state index in [-0.39, 0.29) is 16.5 Å². The fraction of sp³-hybridized carbons (Fsp3) is 0.231. The summed E-state index contributed by atoms with van der Waals surface area (Å²) < 4.78 is 26.8. The number of sulfonamides is 1. The Labute approximate surface area is 137 Å². The summed E-state index contributed by atoms with van der Waals surface area (Å²) in [5.74, 6) is 0. The maximum Gasteiger partial charge on any atom is 0.242 e. The summed E-state index contributed by atoms with van der Waals surface area (Å²) in [5.41, 5.74) is 0.611. The number of halogens is 2. The molecular formula is C13H13Cl2NO3S2. The summed E-state index contributed by atoms with van der Waals surface area (Å²) in [6.45, 7) is 1.57. The molecule has 1 atom stereocenters. The number of thiophene rings is 1. The second kappa shape index (κ2) is 6.64. The first kappa shape index (κ1) is 16.7. The highest BCUT2D eigenvalue weighted by atomic mass is 35.5. The van der Waals surface area contributed by atoms with Gasteiger partial charge in [-0.3, -0.25) is 0 Å². The van der Waals surface area contributed by atoms with Crippen molar-refractivity contribution in [2.24, 2.45) is 0 Å². The van der Waals surface area contributed by atoms with E-state index in [1.807, 2.05) is 5.38 Å². The molecule has 0 fully saturated rings. The third-order valence-corrected chi connectivity index (χ3v) is 6.11. The molecule has 0 amide bonds. The lowest BCUT2D eigenvalue weighted by Crippen LogP contribution is -2.28. The zero-order valence-corrected chi connectivity index (χ0v) is 14.2. The van der Waals surface area contributed by atoms with Crippen LogP contribution in [0.1, 0.15) is 16.5 Å². The zero-order valence-electron chi connectivity index (χ0n) is 11.0. The van der Waals surface area contributed by atoms with Gasteiger partial charge in [0, 0.05) is 16.4 Å². The second-order valence-electron chi connectivity index (χ2n) is 4.41. The molecule has 0 bridgehead atoms. The topological polar surface area (TPSA) is 66.4 Å². The molecule has 21 heavy (non-hydrogen) atoms. The number of benzene rings is 1. The number of rotatable bonds is 5. The van der Waals surface area contributed by atoms with E-state index in [1.54, 1.807) is 19.1 Å². The van der Waals surface area contributed by atoms with Crippen LogP contribution in [0.5, 0.6) is 0 Å². The summed E-state index contributed by atoms with van der Waals surface area (Å²) in [4.78, 5) is 0.639. The average Bonchev–Trinajstić information content (AvgIpc) is 2.94. The highest BCUT2D eigenvalue weighted by molar-refractivity contribution is 7.89. The molecule has 1 unspecified atom stereocenters. The molecule has 0 aliphatic heterocycles. The van der Waals surface area contributed by atoms with E-state index in [1.165, 1.54) is 23.5 Å². The lowest BCUT2D eigenvalue weighted by atomic mass is 10.2. The van der Waals surface area contributed by atoms with E-state index in [9.17, 15) is 13.5 Å². The van der Waals surface area contributed by atoms with Gasteiger partial charge in [0.15, 0.2) is 0 Å². The van der Waals surface area contributed by atoms with Gasteiger partial charge in [-0.1, -0.05) is 29.3 Å². The average molecular weight is 366 g/mol. The molecule has 0 radical (unpaired) electrons. The third-order valence-electron chi connectivity index (χ3n) is 2.84. The maximum absolute atomic E-state index is 12.2. The summed E-state index contributed by atoms with van der Waals surface area (Å²) in [7, 11) is -3.81. The second-order valence-corrected chi connectivity index (χ2v) is 7.94. The molecule has 114 valence electrons. The Kier molecular flexibility index (Phi) is 5.29. The van der Waals surface area contributed by atoms with Gasteiger partial charge in [-0.05, 0) is 36.1 Å². The van der Waals surface area contributed by atoms with Crippen LogP contribution < -0.4 is 4.72 Å². The van der Waals surface area contributed by atoms with Crippen molar-refractivity contribution in [3.05, 3.63) is 50.1 Å². The van der Waals surface area contributed by atoms with Crippen LogP contribution in [0.3, 0.4) is 0 Å². The molecule has 2 aromatic rings. The smallest absolute Gasteiger partial charge is 0.242 e. The molecule has 0 spiro atoms. The van der Waals surface area contributed by atoms with Crippen LogP contribution in [0, 0.1) is 6.92 Å². The van der Waals surface area contributed by atoms with Crippen molar-refractivity contribution in [1.82, 2.24) is 4.72 Å². The minimum atomic E-state index is -3.81. The molecule has 2 N–H and O–H groups in total. The van der Waals surface area contributed by atoms with Gasteiger partial charge in [0.05, 0.1) is 5.02 Å². The van der Waals surface area contributed by atoms with Gasteiger partial charge in [-0.25, -0.2) is 13.1 Å². The fourth-order valence-corrected chi connectivity index (χ4v) is 4.26. The highest BCUT2D eigenvalue weighted by Crippen LogP contribution is 2.28. The number of aryl methyl sites for hydroxylation is 1. The number of nitrogens with one attached hydrogen (secondary N) is 1. The largest absolute Gasteiger partial charge is 0.386 e. The molecule has 2 rings (SSSR count). The van der Waals surface area contributed by atoms with Crippen LogP contribution in [0.4, 0.5) is 0 Å². The fourth-order valence-electron chi connectivity index (χ4n) is 1.68. The molecule has 4 nitrogen and oxygen atoms in total. The van der Waals surface area contributed by atoms with E-state index in [0.29, 0.717) is 15.5 Å². The molecule has 1 aromatic heterocycles. The van der Waals surface area contributed by atoms with Crippen LogP contribution in [0.25, 0.3) is 0 Å². The van der Waals surface area contributed by atoms with Gasteiger partial charge >= 0.3 is 0 Å². The first-order valence-electron chi connectivity index (χ1n) is 5.98. The van der Waals surface area contributed by atoms with Crippen molar-refractivity contribution in [2.75, 3.05) is 6.54 Å². The molecule has 1 aromatic carbocycles. The lowest BCUT2D eigenvalue weighted by molar-refractivity contribution is 0.186. The molecule has 8 heteroatoms. The van der Waals surface area contributed by atoms with Crippen molar-refractivity contribution in [3.8, 4) is 0 Å². The van der Waals surface area contributed by atoms with Crippen LogP contribution in [0.2, 0.25) is 10.0 Å². The molecule has 0 saturated heterocycles. The summed E-state index contributed by atoms with van der Waals surface area (Å²) in [6.07, 6.45) is -0.896. The first-order valence-corrected chi connectivity index (χ1v) is 9.10. The Morgan fingerprint density at radius 1 is 1.33 bits per heavy atom. The van der Waals surface area contributed by atoms with Gasteiger partial charge in [0.25, 0.3) is 0 Å². The monoisotopic (exact) mass is 365 g/mol. The zero-order chi connectivity index (χ0) is 15.6. The predicted molar refractivity (Wildman–Crippen MR) is 85.7 cm³/mol. The van der Waals surface area contributed by atoms with E-state index >= 15 is 0 Å². The minimum absolute atomic E-state index is 0.0451. The van der Waals surface area contributed by atoms with Gasteiger partial charge < -0.3 is 5.11 Å². The maximum atomic E-state index is 12.2. The van der Waals surface area contributed by atoms with Crippen LogP contribution in [-0.4, -0.2) is 20.1 Å². The van der Waals surface area contributed by atoms with Gasteiger partial charge in [-0.2, -0.15) is 0 Å². The number of hydrogen-bond donors (Lipinski definition) is 2. The lowest BCUT2D eigenvalue weighted by Gasteiger charge is -2.12. The van der Waals surface area contributed by atoms with Gasteiger partial charge in [-0.15, -0.1) is 11.3 Å². The van der Waals surface area contributed by atoms with Crippen molar-refractivity contribution in [1.29, 1.82) is 0 Å². The predicted octanol–water partition coefficient (Wildman–Crippen LogP) is 3.38. The molecule has 0 aliphatic rings. The van der Waals surface area contributed by atoms with Crippen LogP contribution >= 0.6 is 34.5 Å². The molecular weight excluding hydrogens is 353 g/mol.